The molecule has 0 aliphatic heterocycles. The van der Waals surface area contributed by atoms with E-state index in [9.17, 15) is 0 Å². The predicted molar refractivity (Wildman–Crippen MR) is 79.6 cm³/mol. The van der Waals surface area contributed by atoms with Crippen LogP contribution in [0.5, 0.6) is 0 Å². The lowest BCUT2D eigenvalue weighted by atomic mass is 10.2. The second kappa shape index (κ2) is 6.22. The summed E-state index contributed by atoms with van der Waals surface area (Å²) in [5, 5.41) is 8.75. The Bertz CT molecular complexity index is 543. The Hall–Kier alpha value is -1.32. The van der Waals surface area contributed by atoms with Gasteiger partial charge in [-0.15, -0.1) is 0 Å². The van der Waals surface area contributed by atoms with Crippen LogP contribution in [0.15, 0.2) is 24.3 Å². The van der Waals surface area contributed by atoms with E-state index in [1.807, 2.05) is 24.3 Å². The van der Waals surface area contributed by atoms with Gasteiger partial charge in [-0.1, -0.05) is 30.7 Å². The van der Waals surface area contributed by atoms with Crippen LogP contribution < -0.4 is 5.32 Å². The molecule has 102 valence electrons. The Labute approximate surface area is 119 Å². The fraction of sp³-hybridized carbons (Fsp3) is 0.400. The molecule has 0 unspecified atom stereocenters. The van der Waals surface area contributed by atoms with Crippen molar-refractivity contribution in [2.45, 2.75) is 33.9 Å². The molecular formula is C15H20ClN3. The van der Waals surface area contributed by atoms with E-state index >= 15 is 0 Å². The van der Waals surface area contributed by atoms with Crippen molar-refractivity contribution in [2.24, 2.45) is 0 Å². The fourth-order valence-electron chi connectivity index (χ4n) is 2.16. The summed E-state index contributed by atoms with van der Waals surface area (Å²) in [4.78, 5) is 0. The lowest BCUT2D eigenvalue weighted by molar-refractivity contribution is 0.655. The van der Waals surface area contributed by atoms with Gasteiger partial charge in [0.1, 0.15) is 0 Å². The minimum absolute atomic E-state index is 0.768. The second-order valence-corrected chi connectivity index (χ2v) is 5.15. The van der Waals surface area contributed by atoms with E-state index in [1.165, 1.54) is 16.8 Å². The Morgan fingerprint density at radius 2 is 1.89 bits per heavy atom. The summed E-state index contributed by atoms with van der Waals surface area (Å²) in [5.41, 5.74) is 4.85. The van der Waals surface area contributed by atoms with Crippen molar-refractivity contribution < 1.29 is 0 Å². The summed E-state index contributed by atoms with van der Waals surface area (Å²) >= 11 is 5.90. The molecule has 19 heavy (non-hydrogen) atoms. The lowest BCUT2D eigenvalue weighted by Crippen LogP contribution is -2.13. The molecular weight excluding hydrogens is 258 g/mol. The SMILES string of the molecule is CCNCc1c(C)nn(Cc2ccc(Cl)cc2)c1C. The summed E-state index contributed by atoms with van der Waals surface area (Å²) in [6, 6.07) is 7.93. The number of benzene rings is 1. The zero-order valence-electron chi connectivity index (χ0n) is 11.7. The van der Waals surface area contributed by atoms with Crippen molar-refractivity contribution in [3.8, 4) is 0 Å². The van der Waals surface area contributed by atoms with E-state index in [4.69, 9.17) is 11.6 Å². The molecule has 0 aliphatic rings. The van der Waals surface area contributed by atoms with Gasteiger partial charge < -0.3 is 5.32 Å². The quantitative estimate of drug-likeness (QED) is 0.909. The molecule has 0 saturated carbocycles. The topological polar surface area (TPSA) is 29.9 Å². The maximum Gasteiger partial charge on any atom is 0.0662 e. The van der Waals surface area contributed by atoms with Crippen molar-refractivity contribution in [3.63, 3.8) is 0 Å². The fourth-order valence-corrected chi connectivity index (χ4v) is 2.28. The molecule has 0 atom stereocenters. The van der Waals surface area contributed by atoms with Crippen molar-refractivity contribution >= 4 is 11.6 Å². The molecule has 2 rings (SSSR count). The van der Waals surface area contributed by atoms with Crippen molar-refractivity contribution in [2.75, 3.05) is 6.54 Å². The highest BCUT2D eigenvalue weighted by Gasteiger charge is 2.10. The number of hydrogen-bond donors (Lipinski definition) is 1. The molecule has 0 saturated heterocycles. The minimum Gasteiger partial charge on any atom is -0.313 e. The molecule has 1 aromatic carbocycles. The summed E-state index contributed by atoms with van der Waals surface area (Å²) < 4.78 is 2.06. The number of aryl methyl sites for hydroxylation is 1. The van der Waals surface area contributed by atoms with Gasteiger partial charge in [-0.3, -0.25) is 4.68 Å². The molecule has 3 nitrogen and oxygen atoms in total. The first-order chi connectivity index (χ1) is 9.11. The molecule has 1 aromatic heterocycles. The van der Waals surface area contributed by atoms with Crippen LogP contribution in [-0.4, -0.2) is 16.3 Å². The highest BCUT2D eigenvalue weighted by molar-refractivity contribution is 6.30. The van der Waals surface area contributed by atoms with Gasteiger partial charge in [-0.25, -0.2) is 0 Å². The molecule has 0 bridgehead atoms. The normalized spacial score (nSPS) is 10.9. The Morgan fingerprint density at radius 3 is 2.53 bits per heavy atom. The smallest absolute Gasteiger partial charge is 0.0662 e. The average molecular weight is 278 g/mol. The maximum atomic E-state index is 5.90. The standard InChI is InChI=1S/C15H20ClN3/c1-4-17-9-15-11(2)18-19(12(15)3)10-13-5-7-14(16)8-6-13/h5-8,17H,4,9-10H2,1-3H3. The van der Waals surface area contributed by atoms with Gasteiger partial charge in [-0.05, 0) is 38.1 Å². The Balaban J connectivity index is 2.19. The van der Waals surface area contributed by atoms with E-state index in [0.29, 0.717) is 0 Å². The van der Waals surface area contributed by atoms with Crippen LogP contribution in [0.25, 0.3) is 0 Å². The number of hydrogen-bond acceptors (Lipinski definition) is 2. The first kappa shape index (κ1) is 14.1. The van der Waals surface area contributed by atoms with Crippen LogP contribution in [0.2, 0.25) is 5.02 Å². The molecule has 1 N–H and O–H groups in total. The van der Waals surface area contributed by atoms with Crippen LogP contribution >= 0.6 is 11.6 Å². The molecule has 4 heteroatoms. The van der Waals surface area contributed by atoms with Crippen molar-refractivity contribution in [1.29, 1.82) is 0 Å². The third-order valence-corrected chi connectivity index (χ3v) is 3.58. The lowest BCUT2D eigenvalue weighted by Gasteiger charge is -2.06. The number of nitrogens with one attached hydrogen (secondary N) is 1. The first-order valence-corrected chi connectivity index (χ1v) is 6.97. The molecule has 0 amide bonds. The highest BCUT2D eigenvalue weighted by atomic mass is 35.5. The largest absolute Gasteiger partial charge is 0.313 e. The zero-order chi connectivity index (χ0) is 13.8. The Kier molecular flexibility index (Phi) is 4.61. The minimum atomic E-state index is 0.768. The van der Waals surface area contributed by atoms with Gasteiger partial charge in [0.2, 0.25) is 0 Å². The number of aromatic nitrogens is 2. The van der Waals surface area contributed by atoms with Crippen LogP contribution in [0.4, 0.5) is 0 Å². The summed E-state index contributed by atoms with van der Waals surface area (Å²) in [6.45, 7) is 8.95. The van der Waals surface area contributed by atoms with E-state index in [2.05, 4.69) is 35.9 Å². The summed E-state index contributed by atoms with van der Waals surface area (Å²) in [6.07, 6.45) is 0. The van der Waals surface area contributed by atoms with Crippen LogP contribution in [0.3, 0.4) is 0 Å². The van der Waals surface area contributed by atoms with Crippen molar-refractivity contribution in [3.05, 3.63) is 51.8 Å². The van der Waals surface area contributed by atoms with Gasteiger partial charge in [0.05, 0.1) is 12.2 Å². The van der Waals surface area contributed by atoms with E-state index in [0.717, 1.165) is 30.4 Å². The van der Waals surface area contributed by atoms with Crippen LogP contribution in [-0.2, 0) is 13.1 Å². The molecule has 2 aromatic rings. The van der Waals surface area contributed by atoms with Crippen molar-refractivity contribution in [1.82, 2.24) is 15.1 Å². The first-order valence-electron chi connectivity index (χ1n) is 6.60. The van der Waals surface area contributed by atoms with Gasteiger partial charge in [0.25, 0.3) is 0 Å². The van der Waals surface area contributed by atoms with Crippen LogP contribution in [0.1, 0.15) is 29.4 Å². The van der Waals surface area contributed by atoms with E-state index in [1.54, 1.807) is 0 Å². The predicted octanol–water partition coefficient (Wildman–Crippen LogP) is 3.31. The molecule has 0 aliphatic carbocycles. The molecule has 0 radical (unpaired) electrons. The monoisotopic (exact) mass is 277 g/mol. The zero-order valence-corrected chi connectivity index (χ0v) is 12.5. The maximum absolute atomic E-state index is 5.90. The molecule has 0 spiro atoms. The molecule has 0 fully saturated rings. The highest BCUT2D eigenvalue weighted by Crippen LogP contribution is 2.16. The van der Waals surface area contributed by atoms with E-state index < -0.39 is 0 Å². The third kappa shape index (κ3) is 3.37. The molecule has 1 heterocycles. The van der Waals surface area contributed by atoms with Crippen LogP contribution in [0, 0.1) is 13.8 Å². The van der Waals surface area contributed by atoms with Gasteiger partial charge in [-0.2, -0.15) is 5.10 Å². The van der Waals surface area contributed by atoms with E-state index in [-0.39, 0.29) is 0 Å². The third-order valence-electron chi connectivity index (χ3n) is 3.33. The number of halogens is 1. The van der Waals surface area contributed by atoms with Gasteiger partial charge >= 0.3 is 0 Å². The summed E-state index contributed by atoms with van der Waals surface area (Å²) in [7, 11) is 0. The number of nitrogens with zero attached hydrogens (tertiary/aromatic N) is 2. The Morgan fingerprint density at radius 1 is 1.21 bits per heavy atom. The van der Waals surface area contributed by atoms with Gasteiger partial charge in [0.15, 0.2) is 0 Å². The average Bonchev–Trinajstić information content (AvgIpc) is 2.65. The second-order valence-electron chi connectivity index (χ2n) is 4.71. The number of rotatable bonds is 5. The van der Waals surface area contributed by atoms with Gasteiger partial charge in [0, 0.05) is 22.8 Å². The summed E-state index contributed by atoms with van der Waals surface area (Å²) in [5.74, 6) is 0.